The van der Waals surface area contributed by atoms with Crippen LogP contribution in [-0.2, 0) is 27.4 Å². The van der Waals surface area contributed by atoms with Gasteiger partial charge >= 0.3 is 5.97 Å². The lowest BCUT2D eigenvalue weighted by atomic mass is 10.1. The van der Waals surface area contributed by atoms with E-state index in [0.717, 1.165) is 25.0 Å². The molecule has 0 unspecified atom stereocenters. The van der Waals surface area contributed by atoms with E-state index >= 15 is 0 Å². The summed E-state index contributed by atoms with van der Waals surface area (Å²) in [6, 6.07) is 2.39. The van der Waals surface area contributed by atoms with Gasteiger partial charge in [0.05, 0.1) is 23.3 Å². The van der Waals surface area contributed by atoms with E-state index in [4.69, 9.17) is 37.4 Å². The molecule has 0 bridgehead atoms. The van der Waals surface area contributed by atoms with Gasteiger partial charge in [-0.1, -0.05) is 29.8 Å². The number of rotatable bonds is 9. The molecule has 33 heavy (non-hydrogen) atoms. The van der Waals surface area contributed by atoms with Crippen molar-refractivity contribution in [3.8, 4) is 16.9 Å². The topological polar surface area (TPSA) is 71.7 Å². The highest BCUT2D eigenvalue weighted by Gasteiger charge is 2.25. The highest BCUT2D eigenvalue weighted by atomic mass is 35.5. The maximum absolute atomic E-state index is 14.8. The van der Waals surface area contributed by atoms with Gasteiger partial charge in [0.15, 0.2) is 0 Å². The van der Waals surface area contributed by atoms with Crippen molar-refractivity contribution in [2.75, 3.05) is 19.8 Å². The van der Waals surface area contributed by atoms with Gasteiger partial charge in [0.2, 0.25) is 0 Å². The average Bonchev–Trinajstić information content (AvgIpc) is 3.02. The Morgan fingerprint density at radius 1 is 1.18 bits per heavy atom. The summed E-state index contributed by atoms with van der Waals surface area (Å²) >= 11 is 12.6. The summed E-state index contributed by atoms with van der Waals surface area (Å²) in [5, 5.41) is 0.166. The van der Waals surface area contributed by atoms with Crippen LogP contribution in [0.25, 0.3) is 11.1 Å². The minimum atomic E-state index is -0.696. The number of ether oxygens (including phenoxy) is 3. The van der Waals surface area contributed by atoms with Crippen molar-refractivity contribution < 1.29 is 23.4 Å². The van der Waals surface area contributed by atoms with Crippen LogP contribution in [0.5, 0.6) is 5.75 Å². The molecule has 0 spiro atoms. The van der Waals surface area contributed by atoms with E-state index in [1.165, 1.54) is 10.7 Å². The molecular weight excluding hydrogens is 474 g/mol. The monoisotopic (exact) mass is 498 g/mol. The summed E-state index contributed by atoms with van der Waals surface area (Å²) in [5.74, 6) is -1.00. The molecule has 0 aliphatic carbocycles. The van der Waals surface area contributed by atoms with Crippen LogP contribution in [0.1, 0.15) is 26.7 Å². The van der Waals surface area contributed by atoms with Gasteiger partial charge in [-0.15, -0.1) is 0 Å². The smallest absolute Gasteiger partial charge is 0.334 e. The molecule has 1 aliphatic rings. The van der Waals surface area contributed by atoms with E-state index < -0.39 is 11.8 Å². The second-order valence-corrected chi connectivity index (χ2v) is 8.35. The number of esters is 1. The van der Waals surface area contributed by atoms with Gasteiger partial charge in [0.1, 0.15) is 35.7 Å². The lowest BCUT2D eigenvalue weighted by Gasteiger charge is -2.17. The van der Waals surface area contributed by atoms with Crippen LogP contribution in [0.4, 0.5) is 4.39 Å². The molecule has 10 heteroatoms. The number of hydrogen-bond donors (Lipinski definition) is 0. The maximum Gasteiger partial charge on any atom is 0.334 e. The number of hydrogen-bond acceptors (Lipinski definition) is 5. The van der Waals surface area contributed by atoms with Crippen LogP contribution in [0.3, 0.4) is 0 Å². The maximum atomic E-state index is 14.8. The predicted molar refractivity (Wildman–Crippen MR) is 124 cm³/mol. The Bertz CT molecular complexity index is 1150. The number of fused-ring (bicyclic) bond motifs is 1. The molecule has 2 aromatic rings. The zero-order chi connectivity index (χ0) is 24.1. The largest absolute Gasteiger partial charge is 0.494 e. The van der Waals surface area contributed by atoms with E-state index in [-0.39, 0.29) is 58.2 Å². The van der Waals surface area contributed by atoms with Crippen molar-refractivity contribution in [1.82, 2.24) is 9.36 Å². The molecule has 1 aromatic heterocycles. The Hall–Kier alpha value is -2.71. The first-order valence-corrected chi connectivity index (χ1v) is 11.2. The summed E-state index contributed by atoms with van der Waals surface area (Å²) in [5.41, 5.74) is 0.365. The standard InChI is InChI=1S/C23H25Cl2FN2O5/c1-4-31-15(9-20(29)33-12-14(2)3)13-32-19-10-16(18(26)11-17(19)24)21-22(25)27-7-5-6-8-28(27)23(21)30/h9-11H,2,4-8,12-13H2,1,3H3/b15-9+. The van der Waals surface area contributed by atoms with Crippen LogP contribution in [0.15, 0.2) is 40.9 Å². The Morgan fingerprint density at radius 2 is 1.88 bits per heavy atom. The second kappa shape index (κ2) is 10.9. The lowest BCUT2D eigenvalue weighted by molar-refractivity contribution is -0.137. The average molecular weight is 499 g/mol. The zero-order valence-electron chi connectivity index (χ0n) is 18.5. The molecule has 1 aromatic carbocycles. The van der Waals surface area contributed by atoms with Gasteiger partial charge in [-0.25, -0.2) is 13.9 Å². The molecule has 0 saturated heterocycles. The summed E-state index contributed by atoms with van der Waals surface area (Å²) in [7, 11) is 0. The van der Waals surface area contributed by atoms with Gasteiger partial charge < -0.3 is 14.2 Å². The molecule has 0 amide bonds. The normalized spacial score (nSPS) is 13.4. The fourth-order valence-electron chi connectivity index (χ4n) is 3.41. The number of benzene rings is 1. The molecule has 2 heterocycles. The summed E-state index contributed by atoms with van der Waals surface area (Å²) in [6.45, 7) is 8.45. The number of nitrogens with zero attached hydrogens (tertiary/aromatic N) is 2. The number of carbonyl (C=O) groups is 1. The second-order valence-electron chi connectivity index (χ2n) is 7.58. The number of aromatic nitrogens is 2. The molecule has 3 rings (SSSR count). The van der Waals surface area contributed by atoms with E-state index in [9.17, 15) is 14.0 Å². The van der Waals surface area contributed by atoms with Crippen LogP contribution < -0.4 is 10.3 Å². The van der Waals surface area contributed by atoms with Crippen molar-refractivity contribution in [3.05, 3.63) is 62.5 Å². The van der Waals surface area contributed by atoms with Gasteiger partial charge in [-0.3, -0.25) is 9.48 Å². The molecule has 0 saturated carbocycles. The molecule has 0 N–H and O–H groups in total. The van der Waals surface area contributed by atoms with Crippen molar-refractivity contribution in [2.24, 2.45) is 0 Å². The Morgan fingerprint density at radius 3 is 2.52 bits per heavy atom. The van der Waals surface area contributed by atoms with Gasteiger partial charge in [-0.05, 0) is 44.4 Å². The van der Waals surface area contributed by atoms with Crippen molar-refractivity contribution in [3.63, 3.8) is 0 Å². The summed E-state index contributed by atoms with van der Waals surface area (Å²) in [4.78, 5) is 24.9. The van der Waals surface area contributed by atoms with Crippen LogP contribution in [0.2, 0.25) is 10.2 Å². The first-order valence-electron chi connectivity index (χ1n) is 10.5. The fraction of sp³-hybridized carbons (Fsp3) is 0.391. The van der Waals surface area contributed by atoms with Crippen molar-refractivity contribution in [2.45, 2.75) is 39.8 Å². The van der Waals surface area contributed by atoms with Crippen molar-refractivity contribution in [1.29, 1.82) is 0 Å². The quantitative estimate of drug-likeness (QED) is 0.211. The van der Waals surface area contributed by atoms with Gasteiger partial charge in [-0.2, -0.15) is 0 Å². The third-order valence-corrected chi connectivity index (χ3v) is 5.57. The Balaban J connectivity index is 1.88. The SMILES string of the molecule is C=C(C)COC(=O)/C=C(\COc1cc(-c2c(Cl)n3n(c2=O)CCCC3)c(F)cc1Cl)OCC. The zero-order valence-corrected chi connectivity index (χ0v) is 20.0. The van der Waals surface area contributed by atoms with E-state index in [0.29, 0.717) is 18.7 Å². The highest BCUT2D eigenvalue weighted by molar-refractivity contribution is 6.33. The van der Waals surface area contributed by atoms with Crippen LogP contribution in [0, 0.1) is 5.82 Å². The van der Waals surface area contributed by atoms with Crippen LogP contribution in [-0.4, -0.2) is 35.2 Å². The van der Waals surface area contributed by atoms with Gasteiger partial charge in [0.25, 0.3) is 5.56 Å². The van der Waals surface area contributed by atoms with E-state index in [1.54, 1.807) is 18.5 Å². The number of halogens is 3. The van der Waals surface area contributed by atoms with E-state index in [1.807, 2.05) is 0 Å². The molecule has 7 nitrogen and oxygen atoms in total. The Kier molecular flexibility index (Phi) is 8.26. The summed E-state index contributed by atoms with van der Waals surface area (Å²) in [6.07, 6.45) is 2.89. The minimum absolute atomic E-state index is 0.00264. The third kappa shape index (κ3) is 5.81. The van der Waals surface area contributed by atoms with E-state index in [2.05, 4.69) is 6.58 Å². The molecule has 1 aliphatic heterocycles. The lowest BCUT2D eigenvalue weighted by Crippen LogP contribution is -2.27. The van der Waals surface area contributed by atoms with Crippen molar-refractivity contribution >= 4 is 29.2 Å². The third-order valence-electron chi connectivity index (χ3n) is 4.89. The molecule has 0 fully saturated rings. The minimum Gasteiger partial charge on any atom is -0.494 e. The first-order chi connectivity index (χ1) is 15.7. The molecule has 0 radical (unpaired) electrons. The highest BCUT2D eigenvalue weighted by Crippen LogP contribution is 2.36. The Labute approximate surface area is 200 Å². The predicted octanol–water partition coefficient (Wildman–Crippen LogP) is 4.98. The number of carbonyl (C=O) groups excluding carboxylic acids is 1. The first kappa shape index (κ1) is 24.9. The molecule has 178 valence electrons. The summed E-state index contributed by atoms with van der Waals surface area (Å²) < 4.78 is 34.2. The molecule has 0 atom stereocenters. The molecular formula is C23H25Cl2FN2O5. The fourth-order valence-corrected chi connectivity index (χ4v) is 3.97. The van der Waals surface area contributed by atoms with Crippen LogP contribution >= 0.6 is 23.2 Å². The van der Waals surface area contributed by atoms with Gasteiger partial charge in [0, 0.05) is 18.7 Å².